The van der Waals surface area contributed by atoms with E-state index in [9.17, 15) is 0 Å². The van der Waals surface area contributed by atoms with E-state index in [0.29, 0.717) is 17.0 Å². The predicted molar refractivity (Wildman–Crippen MR) is 75.2 cm³/mol. The van der Waals surface area contributed by atoms with Crippen molar-refractivity contribution in [1.82, 2.24) is 24.8 Å². The van der Waals surface area contributed by atoms with Crippen molar-refractivity contribution in [2.24, 2.45) is 0 Å². The summed E-state index contributed by atoms with van der Waals surface area (Å²) in [5.41, 5.74) is 18.7. The van der Waals surface area contributed by atoms with Crippen molar-refractivity contribution in [3.63, 3.8) is 0 Å². The van der Waals surface area contributed by atoms with Crippen LogP contribution < -0.4 is 17.2 Å². The standard InChI is InChI=1S/C11H18N8/c1-19(2)5-3-4-6-8(12)16-10-7(15-6)9(13)17-11(14)18-10/h3-5H2,1-2H3,(H6,12,13,14,16,17,18). The third-order valence-corrected chi connectivity index (χ3v) is 2.70. The third kappa shape index (κ3) is 2.97. The average molecular weight is 262 g/mol. The van der Waals surface area contributed by atoms with Crippen LogP contribution in [0, 0.1) is 0 Å². The molecule has 0 spiro atoms. The third-order valence-electron chi connectivity index (χ3n) is 2.70. The second-order valence-electron chi connectivity index (χ2n) is 4.60. The van der Waals surface area contributed by atoms with Crippen molar-refractivity contribution >= 4 is 28.7 Å². The second kappa shape index (κ2) is 5.19. The van der Waals surface area contributed by atoms with Crippen LogP contribution in [0.1, 0.15) is 12.1 Å². The summed E-state index contributed by atoms with van der Waals surface area (Å²) in [5, 5.41) is 0. The molecule has 102 valence electrons. The molecular weight excluding hydrogens is 244 g/mol. The summed E-state index contributed by atoms with van der Waals surface area (Å²) in [4.78, 5) is 18.5. The lowest BCUT2D eigenvalue weighted by Crippen LogP contribution is -2.14. The van der Waals surface area contributed by atoms with E-state index in [1.165, 1.54) is 0 Å². The van der Waals surface area contributed by atoms with E-state index in [4.69, 9.17) is 17.2 Å². The normalized spacial score (nSPS) is 11.3. The lowest BCUT2D eigenvalue weighted by Gasteiger charge is -2.10. The maximum Gasteiger partial charge on any atom is 0.224 e. The summed E-state index contributed by atoms with van der Waals surface area (Å²) in [6.45, 7) is 0.951. The molecule has 0 aliphatic heterocycles. The van der Waals surface area contributed by atoms with Crippen molar-refractivity contribution in [2.45, 2.75) is 12.8 Å². The van der Waals surface area contributed by atoms with E-state index in [1.807, 2.05) is 14.1 Å². The Balaban J connectivity index is 2.33. The van der Waals surface area contributed by atoms with Crippen molar-refractivity contribution < 1.29 is 0 Å². The minimum Gasteiger partial charge on any atom is -0.382 e. The van der Waals surface area contributed by atoms with E-state index in [0.717, 1.165) is 25.1 Å². The van der Waals surface area contributed by atoms with Gasteiger partial charge in [-0.15, -0.1) is 0 Å². The van der Waals surface area contributed by atoms with Gasteiger partial charge >= 0.3 is 0 Å². The van der Waals surface area contributed by atoms with Crippen LogP contribution in [0.25, 0.3) is 11.2 Å². The molecular formula is C11H18N8. The van der Waals surface area contributed by atoms with Gasteiger partial charge in [-0.2, -0.15) is 9.97 Å². The molecule has 0 aliphatic carbocycles. The molecule has 0 amide bonds. The van der Waals surface area contributed by atoms with Gasteiger partial charge in [0, 0.05) is 0 Å². The number of hydrogen-bond donors (Lipinski definition) is 3. The highest BCUT2D eigenvalue weighted by atomic mass is 15.1. The SMILES string of the molecule is CN(C)CCCc1nc2c(N)nc(N)nc2nc1N. The first-order valence-electron chi connectivity index (χ1n) is 5.97. The first-order valence-corrected chi connectivity index (χ1v) is 5.97. The Morgan fingerprint density at radius 2 is 1.68 bits per heavy atom. The molecule has 0 fully saturated rings. The summed E-state index contributed by atoms with van der Waals surface area (Å²) >= 11 is 0. The van der Waals surface area contributed by atoms with Crippen molar-refractivity contribution in [3.05, 3.63) is 5.69 Å². The molecule has 0 aromatic carbocycles. The van der Waals surface area contributed by atoms with Crippen molar-refractivity contribution in [3.8, 4) is 0 Å². The van der Waals surface area contributed by atoms with Crippen LogP contribution in [0.15, 0.2) is 0 Å². The van der Waals surface area contributed by atoms with Crippen LogP contribution in [-0.2, 0) is 6.42 Å². The molecule has 0 saturated heterocycles. The average Bonchev–Trinajstić information content (AvgIpc) is 2.29. The molecule has 0 unspecified atom stereocenters. The van der Waals surface area contributed by atoms with Crippen LogP contribution in [0.3, 0.4) is 0 Å². The molecule has 2 rings (SSSR count). The summed E-state index contributed by atoms with van der Waals surface area (Å²) in [6, 6.07) is 0. The van der Waals surface area contributed by atoms with Gasteiger partial charge in [0.05, 0.1) is 5.69 Å². The number of hydrogen-bond acceptors (Lipinski definition) is 8. The Morgan fingerprint density at radius 3 is 2.37 bits per heavy atom. The molecule has 0 bridgehead atoms. The molecule has 0 aliphatic rings. The van der Waals surface area contributed by atoms with Crippen LogP contribution in [-0.4, -0.2) is 45.5 Å². The fraction of sp³-hybridized carbons (Fsp3) is 0.455. The number of nitrogens with two attached hydrogens (primary N) is 3. The highest BCUT2D eigenvalue weighted by Gasteiger charge is 2.11. The van der Waals surface area contributed by atoms with Crippen LogP contribution >= 0.6 is 0 Å². The Bertz CT molecular complexity index is 595. The largest absolute Gasteiger partial charge is 0.382 e. The summed E-state index contributed by atoms with van der Waals surface area (Å²) in [6.07, 6.45) is 1.67. The van der Waals surface area contributed by atoms with Gasteiger partial charge in [-0.3, -0.25) is 0 Å². The van der Waals surface area contributed by atoms with Gasteiger partial charge in [-0.25, -0.2) is 9.97 Å². The number of aryl methyl sites for hydroxylation is 1. The van der Waals surface area contributed by atoms with Crippen LogP contribution in [0.5, 0.6) is 0 Å². The van der Waals surface area contributed by atoms with Gasteiger partial charge in [0.1, 0.15) is 5.82 Å². The van der Waals surface area contributed by atoms with Crippen molar-refractivity contribution in [1.29, 1.82) is 0 Å². The fourth-order valence-corrected chi connectivity index (χ4v) is 1.78. The highest BCUT2D eigenvalue weighted by molar-refractivity contribution is 5.83. The van der Waals surface area contributed by atoms with Gasteiger partial charge in [-0.1, -0.05) is 0 Å². The lowest BCUT2D eigenvalue weighted by atomic mass is 10.2. The second-order valence-corrected chi connectivity index (χ2v) is 4.60. The molecule has 2 heterocycles. The quantitative estimate of drug-likeness (QED) is 0.681. The Kier molecular flexibility index (Phi) is 3.61. The fourth-order valence-electron chi connectivity index (χ4n) is 1.78. The summed E-state index contributed by atoms with van der Waals surface area (Å²) in [5.74, 6) is 0.659. The monoisotopic (exact) mass is 262 g/mol. The minimum absolute atomic E-state index is 0.0686. The maximum absolute atomic E-state index is 5.87. The summed E-state index contributed by atoms with van der Waals surface area (Å²) in [7, 11) is 4.04. The minimum atomic E-state index is 0.0686. The first-order chi connectivity index (χ1) is 8.97. The number of rotatable bonds is 4. The zero-order valence-corrected chi connectivity index (χ0v) is 11.1. The van der Waals surface area contributed by atoms with E-state index in [-0.39, 0.29) is 11.8 Å². The molecule has 6 N–H and O–H groups in total. The first kappa shape index (κ1) is 13.2. The molecule has 2 aromatic rings. The maximum atomic E-state index is 5.87. The zero-order chi connectivity index (χ0) is 14.0. The van der Waals surface area contributed by atoms with Crippen LogP contribution in [0.4, 0.5) is 17.6 Å². The number of fused-ring (bicyclic) bond motifs is 1. The van der Waals surface area contributed by atoms with E-state index < -0.39 is 0 Å². The molecule has 2 aromatic heterocycles. The summed E-state index contributed by atoms with van der Waals surface area (Å²) < 4.78 is 0. The van der Waals surface area contributed by atoms with Gasteiger partial charge < -0.3 is 22.1 Å². The highest BCUT2D eigenvalue weighted by Crippen LogP contribution is 2.19. The topological polar surface area (TPSA) is 133 Å². The van der Waals surface area contributed by atoms with Crippen LogP contribution in [0.2, 0.25) is 0 Å². The predicted octanol–water partition coefficient (Wildman–Crippen LogP) is -0.339. The number of anilines is 3. The molecule has 0 saturated carbocycles. The van der Waals surface area contributed by atoms with E-state index in [2.05, 4.69) is 24.8 Å². The Morgan fingerprint density at radius 1 is 0.947 bits per heavy atom. The zero-order valence-electron chi connectivity index (χ0n) is 11.1. The molecule has 0 radical (unpaired) electrons. The number of nitrogen functional groups attached to an aromatic ring is 3. The Labute approximate surface area is 111 Å². The molecule has 8 nitrogen and oxygen atoms in total. The van der Waals surface area contributed by atoms with E-state index >= 15 is 0 Å². The van der Waals surface area contributed by atoms with Gasteiger partial charge in [-0.05, 0) is 33.5 Å². The van der Waals surface area contributed by atoms with Gasteiger partial charge in [0.15, 0.2) is 17.0 Å². The molecule has 19 heavy (non-hydrogen) atoms. The molecule has 0 atom stereocenters. The van der Waals surface area contributed by atoms with Gasteiger partial charge in [0.25, 0.3) is 0 Å². The number of aromatic nitrogens is 4. The number of nitrogens with zero attached hydrogens (tertiary/aromatic N) is 5. The smallest absolute Gasteiger partial charge is 0.224 e. The lowest BCUT2D eigenvalue weighted by molar-refractivity contribution is 0.399. The Hall–Kier alpha value is -2.22. The van der Waals surface area contributed by atoms with Gasteiger partial charge in [0.2, 0.25) is 5.95 Å². The molecule has 8 heteroatoms. The van der Waals surface area contributed by atoms with E-state index in [1.54, 1.807) is 0 Å². The van der Waals surface area contributed by atoms with Crippen molar-refractivity contribution in [2.75, 3.05) is 37.8 Å².